The summed E-state index contributed by atoms with van der Waals surface area (Å²) in [4.78, 5) is 25.3. The second kappa shape index (κ2) is 6.46. The fourth-order valence-electron chi connectivity index (χ4n) is 2.18. The number of carbonyl (C=O) groups is 1. The van der Waals surface area contributed by atoms with Crippen molar-refractivity contribution < 1.29 is 9.72 Å². The van der Waals surface area contributed by atoms with Crippen LogP contribution in [0.2, 0.25) is 0 Å². The number of nitrogens with zero attached hydrogens (tertiary/aromatic N) is 2. The number of rotatable bonds is 4. The second-order valence-corrected chi connectivity index (χ2v) is 5.61. The van der Waals surface area contributed by atoms with Gasteiger partial charge in [-0.15, -0.1) is 0 Å². The van der Waals surface area contributed by atoms with Crippen molar-refractivity contribution in [1.82, 2.24) is 10.3 Å². The van der Waals surface area contributed by atoms with E-state index < -0.39 is 4.92 Å². The number of nitro groups is 1. The molecular weight excluding hydrogens is 268 g/mol. The molecule has 2 N–H and O–H groups in total. The highest BCUT2D eigenvalue weighted by molar-refractivity contribution is 7.18. The summed E-state index contributed by atoms with van der Waals surface area (Å²) in [7, 11) is 0. The van der Waals surface area contributed by atoms with Crippen LogP contribution in [0.3, 0.4) is 0 Å². The molecule has 1 aliphatic carbocycles. The van der Waals surface area contributed by atoms with E-state index in [4.69, 9.17) is 0 Å². The molecule has 2 rings (SSSR count). The van der Waals surface area contributed by atoms with Crippen molar-refractivity contribution in [3.63, 3.8) is 0 Å². The van der Waals surface area contributed by atoms with E-state index in [1.165, 1.54) is 19.3 Å². The number of nitrogens with one attached hydrogen (secondary N) is 2. The van der Waals surface area contributed by atoms with Gasteiger partial charge < -0.3 is 5.32 Å². The number of thiazole rings is 1. The largest absolute Gasteiger partial charge is 0.345 e. The number of hydrogen-bond donors (Lipinski definition) is 2. The van der Waals surface area contributed by atoms with Crippen molar-refractivity contribution in [3.8, 4) is 0 Å². The van der Waals surface area contributed by atoms with Gasteiger partial charge in [0, 0.05) is 6.54 Å². The third-order valence-electron chi connectivity index (χ3n) is 3.17. The number of carbonyl (C=O) groups excluding carboxylic acids is 1. The molecule has 2 amide bonds. The summed E-state index contributed by atoms with van der Waals surface area (Å²) >= 11 is 0.849. The average molecular weight is 284 g/mol. The Balaban J connectivity index is 1.75. The van der Waals surface area contributed by atoms with E-state index >= 15 is 0 Å². The van der Waals surface area contributed by atoms with Gasteiger partial charge in [-0.2, -0.15) is 0 Å². The lowest BCUT2D eigenvalue weighted by atomic mass is 9.89. The Labute approximate surface area is 114 Å². The van der Waals surface area contributed by atoms with E-state index in [0.29, 0.717) is 12.5 Å². The molecule has 19 heavy (non-hydrogen) atoms. The van der Waals surface area contributed by atoms with E-state index in [1.807, 2.05) is 0 Å². The van der Waals surface area contributed by atoms with Gasteiger partial charge in [-0.25, -0.2) is 9.78 Å². The first kappa shape index (κ1) is 13.7. The van der Waals surface area contributed by atoms with Crippen LogP contribution < -0.4 is 10.6 Å². The number of amides is 2. The molecule has 1 aromatic rings. The predicted octanol–water partition coefficient (Wildman–Crippen LogP) is 2.75. The van der Waals surface area contributed by atoms with Crippen LogP contribution in [0.5, 0.6) is 0 Å². The summed E-state index contributed by atoms with van der Waals surface area (Å²) in [6, 6.07) is -0.352. The van der Waals surface area contributed by atoms with Gasteiger partial charge in [0.2, 0.25) is 0 Å². The van der Waals surface area contributed by atoms with Crippen LogP contribution in [-0.4, -0.2) is 22.5 Å². The molecule has 1 aliphatic rings. The Kier molecular flexibility index (Phi) is 4.67. The van der Waals surface area contributed by atoms with Gasteiger partial charge in [-0.05, 0) is 30.1 Å². The lowest BCUT2D eigenvalue weighted by molar-refractivity contribution is -0.380. The van der Waals surface area contributed by atoms with Crippen molar-refractivity contribution in [2.75, 3.05) is 11.9 Å². The molecule has 8 heteroatoms. The van der Waals surface area contributed by atoms with Gasteiger partial charge in [-0.3, -0.25) is 15.4 Å². The molecule has 0 unspecified atom stereocenters. The minimum atomic E-state index is -0.525. The number of urea groups is 1. The topological polar surface area (TPSA) is 97.2 Å². The van der Waals surface area contributed by atoms with Crippen LogP contribution in [-0.2, 0) is 0 Å². The van der Waals surface area contributed by atoms with Crippen molar-refractivity contribution in [2.45, 2.75) is 32.1 Å². The first-order valence-electron chi connectivity index (χ1n) is 6.30. The second-order valence-electron chi connectivity index (χ2n) is 4.60. The molecule has 0 aliphatic heterocycles. The first-order valence-corrected chi connectivity index (χ1v) is 7.12. The van der Waals surface area contributed by atoms with Crippen molar-refractivity contribution >= 4 is 27.5 Å². The standard InChI is InChI=1S/C11H16N4O3S/c16-10(12-6-8-4-2-1-3-5-8)14-11-13-7-9(19-11)15(17)18/h7-8H,1-6H2,(H2,12,13,14,16). The molecule has 1 saturated carbocycles. The van der Waals surface area contributed by atoms with Crippen LogP contribution >= 0.6 is 11.3 Å². The highest BCUT2D eigenvalue weighted by Gasteiger charge is 2.16. The lowest BCUT2D eigenvalue weighted by Gasteiger charge is -2.21. The van der Waals surface area contributed by atoms with Gasteiger partial charge in [0.05, 0.1) is 4.92 Å². The van der Waals surface area contributed by atoms with Crippen molar-refractivity contribution in [1.29, 1.82) is 0 Å². The van der Waals surface area contributed by atoms with Crippen LogP contribution in [0.4, 0.5) is 14.9 Å². The fraction of sp³-hybridized carbons (Fsp3) is 0.636. The Hall–Kier alpha value is -1.70. The Bertz CT molecular complexity index is 457. The minimum absolute atomic E-state index is 0.0809. The maximum Gasteiger partial charge on any atom is 0.345 e. The number of anilines is 1. The summed E-state index contributed by atoms with van der Waals surface area (Å²) in [6.45, 7) is 0.652. The van der Waals surface area contributed by atoms with E-state index in [2.05, 4.69) is 15.6 Å². The maximum absolute atomic E-state index is 11.6. The minimum Gasteiger partial charge on any atom is -0.338 e. The van der Waals surface area contributed by atoms with E-state index in [-0.39, 0.29) is 16.2 Å². The molecule has 1 aromatic heterocycles. The van der Waals surface area contributed by atoms with Gasteiger partial charge in [0.15, 0.2) is 5.13 Å². The van der Waals surface area contributed by atoms with Crippen LogP contribution in [0, 0.1) is 16.0 Å². The third-order valence-corrected chi connectivity index (χ3v) is 4.03. The summed E-state index contributed by atoms with van der Waals surface area (Å²) in [5, 5.41) is 15.9. The van der Waals surface area contributed by atoms with E-state index in [0.717, 1.165) is 30.4 Å². The van der Waals surface area contributed by atoms with Crippen molar-refractivity contribution in [3.05, 3.63) is 16.3 Å². The zero-order valence-corrected chi connectivity index (χ0v) is 11.2. The zero-order valence-electron chi connectivity index (χ0n) is 10.4. The fourth-order valence-corrected chi connectivity index (χ4v) is 2.80. The Morgan fingerprint density at radius 2 is 2.21 bits per heavy atom. The molecule has 0 atom stereocenters. The summed E-state index contributed by atoms with van der Waals surface area (Å²) in [5.74, 6) is 0.546. The summed E-state index contributed by atoms with van der Waals surface area (Å²) < 4.78 is 0. The molecule has 7 nitrogen and oxygen atoms in total. The smallest absolute Gasteiger partial charge is 0.338 e. The number of aromatic nitrogens is 1. The van der Waals surface area contributed by atoms with Gasteiger partial charge in [0.25, 0.3) is 0 Å². The Morgan fingerprint density at radius 3 is 2.84 bits per heavy atom. The maximum atomic E-state index is 11.6. The monoisotopic (exact) mass is 284 g/mol. The van der Waals surface area contributed by atoms with E-state index in [1.54, 1.807) is 0 Å². The molecule has 0 spiro atoms. The van der Waals surface area contributed by atoms with Gasteiger partial charge >= 0.3 is 11.0 Å². The SMILES string of the molecule is O=C(NCC1CCCCC1)Nc1ncc([N+](=O)[O-])s1. The van der Waals surface area contributed by atoms with Gasteiger partial charge in [-0.1, -0.05) is 19.3 Å². The molecule has 104 valence electrons. The number of hydrogen-bond acceptors (Lipinski definition) is 5. The molecule has 0 aromatic carbocycles. The molecule has 0 bridgehead atoms. The van der Waals surface area contributed by atoms with E-state index in [9.17, 15) is 14.9 Å². The van der Waals surface area contributed by atoms with Crippen LogP contribution in [0.15, 0.2) is 6.20 Å². The van der Waals surface area contributed by atoms with Gasteiger partial charge in [0.1, 0.15) is 6.20 Å². The molecule has 0 saturated heterocycles. The average Bonchev–Trinajstić information content (AvgIpc) is 2.86. The predicted molar refractivity (Wildman–Crippen MR) is 72.4 cm³/mol. The molecule has 1 heterocycles. The summed E-state index contributed by atoms with van der Waals surface area (Å²) in [5.41, 5.74) is 0. The highest BCUT2D eigenvalue weighted by atomic mass is 32.1. The molecular formula is C11H16N4O3S. The summed E-state index contributed by atoms with van der Waals surface area (Å²) in [6.07, 6.45) is 7.19. The zero-order chi connectivity index (χ0) is 13.7. The highest BCUT2D eigenvalue weighted by Crippen LogP contribution is 2.25. The lowest BCUT2D eigenvalue weighted by Crippen LogP contribution is -2.33. The van der Waals surface area contributed by atoms with Crippen LogP contribution in [0.1, 0.15) is 32.1 Å². The Morgan fingerprint density at radius 1 is 1.47 bits per heavy atom. The van der Waals surface area contributed by atoms with Crippen molar-refractivity contribution in [2.24, 2.45) is 5.92 Å². The molecule has 1 fully saturated rings. The normalized spacial score (nSPS) is 16.0. The molecule has 0 radical (unpaired) electrons. The first-order chi connectivity index (χ1) is 9.15. The van der Waals surface area contributed by atoms with Crippen LogP contribution in [0.25, 0.3) is 0 Å². The third kappa shape index (κ3) is 4.16. The quantitative estimate of drug-likeness (QED) is 0.656.